The molecule has 2 unspecified atom stereocenters. The first-order valence-corrected chi connectivity index (χ1v) is 15.7. The summed E-state index contributed by atoms with van der Waals surface area (Å²) in [6.07, 6.45) is 4.68. The van der Waals surface area contributed by atoms with Crippen molar-refractivity contribution in [1.29, 1.82) is 0 Å². The lowest BCUT2D eigenvalue weighted by Gasteiger charge is -2.34. The summed E-state index contributed by atoms with van der Waals surface area (Å²) >= 11 is 2.07. The van der Waals surface area contributed by atoms with Gasteiger partial charge in [-0.2, -0.15) is 16.9 Å². The Morgan fingerprint density at radius 2 is 1.57 bits per heavy atom. The molecule has 0 spiro atoms. The van der Waals surface area contributed by atoms with E-state index in [9.17, 15) is 9.59 Å². The van der Waals surface area contributed by atoms with Gasteiger partial charge < -0.3 is 20.0 Å². The summed E-state index contributed by atoms with van der Waals surface area (Å²) in [5.41, 5.74) is 8.23. The molecular weight excluding hydrogens is 548 g/mol. The molecule has 0 amide bonds. The van der Waals surface area contributed by atoms with Gasteiger partial charge in [0.05, 0.1) is 11.8 Å². The number of benzene rings is 2. The minimum absolute atomic E-state index is 0.344. The lowest BCUT2D eigenvalue weighted by atomic mass is 9.86. The first-order valence-electron chi connectivity index (χ1n) is 14.5. The predicted molar refractivity (Wildman–Crippen MR) is 171 cm³/mol. The van der Waals surface area contributed by atoms with Crippen LogP contribution in [0.5, 0.6) is 0 Å². The SMILES string of the molecule is Cc1ccccc1/C=C1\CSCC2C1=NN(CCCN1CCN(C)CC1)C2c1ccccc1C.O=C(O)/C=C\C(=O)O. The van der Waals surface area contributed by atoms with Crippen LogP contribution in [0.3, 0.4) is 0 Å². The van der Waals surface area contributed by atoms with Crippen LogP contribution in [0.25, 0.3) is 6.08 Å². The number of piperazine rings is 1. The van der Waals surface area contributed by atoms with E-state index in [1.165, 1.54) is 72.7 Å². The number of carboxylic acid groups (broad SMARTS) is 2. The second kappa shape index (κ2) is 15.2. The Morgan fingerprint density at radius 3 is 2.21 bits per heavy atom. The quantitative estimate of drug-likeness (QED) is 0.423. The minimum atomic E-state index is -1.26. The van der Waals surface area contributed by atoms with Gasteiger partial charge >= 0.3 is 11.9 Å². The Bertz CT molecular complexity index is 1320. The van der Waals surface area contributed by atoms with Gasteiger partial charge in [-0.25, -0.2) is 9.59 Å². The number of aryl methyl sites for hydroxylation is 2. The Hall–Kier alpha value is -3.40. The summed E-state index contributed by atoms with van der Waals surface area (Å²) in [5.74, 6) is 0.149. The number of thioether (sulfide) groups is 1. The van der Waals surface area contributed by atoms with E-state index in [-0.39, 0.29) is 0 Å². The van der Waals surface area contributed by atoms with E-state index in [1.807, 2.05) is 0 Å². The highest BCUT2D eigenvalue weighted by molar-refractivity contribution is 7.99. The van der Waals surface area contributed by atoms with Crippen molar-refractivity contribution in [3.8, 4) is 0 Å². The normalized spacial score (nSPS) is 22.0. The Kier molecular flexibility index (Phi) is 11.4. The summed E-state index contributed by atoms with van der Waals surface area (Å²) in [5, 5.41) is 23.4. The molecule has 0 saturated carbocycles. The average molecular weight is 591 g/mol. The highest BCUT2D eigenvalue weighted by Crippen LogP contribution is 2.44. The van der Waals surface area contributed by atoms with Gasteiger partial charge in [0.2, 0.25) is 0 Å². The zero-order valence-electron chi connectivity index (χ0n) is 24.8. The lowest BCUT2D eigenvalue weighted by Crippen LogP contribution is -2.45. The van der Waals surface area contributed by atoms with Gasteiger partial charge in [-0.1, -0.05) is 48.5 Å². The number of likely N-dealkylation sites (N-methyl/N-ethyl adjacent to an activating group) is 1. The van der Waals surface area contributed by atoms with Crippen LogP contribution in [-0.2, 0) is 9.59 Å². The molecule has 3 aliphatic heterocycles. The van der Waals surface area contributed by atoms with Crippen LogP contribution in [-0.4, -0.2) is 100 Å². The smallest absolute Gasteiger partial charge is 0.328 e. The van der Waals surface area contributed by atoms with E-state index in [2.05, 4.69) is 102 Å². The second-order valence-corrected chi connectivity index (χ2v) is 12.1. The number of carbonyl (C=O) groups is 2. The van der Waals surface area contributed by atoms with Crippen LogP contribution in [0.2, 0.25) is 0 Å². The maximum absolute atomic E-state index is 9.55. The average Bonchev–Trinajstić information content (AvgIpc) is 3.34. The topological polar surface area (TPSA) is 96.7 Å². The van der Waals surface area contributed by atoms with Gasteiger partial charge in [0.15, 0.2) is 0 Å². The first-order chi connectivity index (χ1) is 20.2. The molecule has 2 saturated heterocycles. The van der Waals surface area contributed by atoms with E-state index in [0.717, 1.165) is 18.1 Å². The Labute approximate surface area is 253 Å². The largest absolute Gasteiger partial charge is 0.478 e. The lowest BCUT2D eigenvalue weighted by molar-refractivity contribution is -0.134. The summed E-state index contributed by atoms with van der Waals surface area (Å²) < 4.78 is 0. The van der Waals surface area contributed by atoms with Crippen molar-refractivity contribution in [3.05, 3.63) is 88.5 Å². The van der Waals surface area contributed by atoms with E-state index in [4.69, 9.17) is 15.3 Å². The number of hydrazone groups is 1. The molecule has 2 aromatic rings. The van der Waals surface area contributed by atoms with Crippen LogP contribution >= 0.6 is 11.8 Å². The molecular formula is C33H42N4O4S. The molecule has 0 bridgehead atoms. The molecule has 5 rings (SSSR count). The van der Waals surface area contributed by atoms with Crippen molar-refractivity contribution < 1.29 is 19.8 Å². The van der Waals surface area contributed by atoms with Crippen molar-refractivity contribution in [1.82, 2.24) is 14.8 Å². The molecule has 9 heteroatoms. The molecule has 0 aliphatic carbocycles. The third kappa shape index (κ3) is 8.56. The summed E-state index contributed by atoms with van der Waals surface area (Å²) in [6, 6.07) is 18.0. The van der Waals surface area contributed by atoms with E-state index in [1.54, 1.807) is 0 Å². The predicted octanol–water partition coefficient (Wildman–Crippen LogP) is 4.81. The van der Waals surface area contributed by atoms with Crippen molar-refractivity contribution in [2.24, 2.45) is 11.0 Å². The second-order valence-electron chi connectivity index (χ2n) is 11.1. The first kappa shape index (κ1) is 31.5. The van der Waals surface area contributed by atoms with Crippen LogP contribution in [0.15, 0.2) is 71.4 Å². The third-order valence-corrected chi connectivity index (χ3v) is 9.13. The molecule has 0 aromatic heterocycles. The van der Waals surface area contributed by atoms with E-state index in [0.29, 0.717) is 24.1 Å². The number of carboxylic acids is 2. The number of aliphatic carboxylic acids is 2. The molecule has 3 heterocycles. The molecule has 3 aliphatic rings. The minimum Gasteiger partial charge on any atom is -0.478 e. The molecule has 224 valence electrons. The zero-order valence-corrected chi connectivity index (χ0v) is 25.6. The van der Waals surface area contributed by atoms with Crippen LogP contribution in [0, 0.1) is 19.8 Å². The third-order valence-electron chi connectivity index (χ3n) is 8.02. The number of rotatable bonds is 8. The Balaban J connectivity index is 0.000000446. The van der Waals surface area contributed by atoms with Crippen molar-refractivity contribution in [3.63, 3.8) is 0 Å². The number of hydrogen-bond donors (Lipinski definition) is 2. The Morgan fingerprint density at radius 1 is 0.929 bits per heavy atom. The number of nitrogens with zero attached hydrogens (tertiary/aromatic N) is 4. The van der Waals surface area contributed by atoms with Gasteiger partial charge in [0.25, 0.3) is 0 Å². The molecule has 2 N–H and O–H groups in total. The molecule has 8 nitrogen and oxygen atoms in total. The molecule has 2 atom stereocenters. The van der Waals surface area contributed by atoms with E-state index >= 15 is 0 Å². The molecule has 42 heavy (non-hydrogen) atoms. The highest BCUT2D eigenvalue weighted by Gasteiger charge is 2.41. The van der Waals surface area contributed by atoms with Crippen LogP contribution < -0.4 is 0 Å². The van der Waals surface area contributed by atoms with Gasteiger partial charge in [0.1, 0.15) is 0 Å². The van der Waals surface area contributed by atoms with Crippen molar-refractivity contribution in [2.45, 2.75) is 26.3 Å². The number of hydrogen-bond acceptors (Lipinski definition) is 7. The molecule has 0 radical (unpaired) electrons. The van der Waals surface area contributed by atoms with Crippen molar-refractivity contribution >= 4 is 35.5 Å². The standard InChI is InChI=1S/C29H38N4S.C4H4O4/c1-22-9-4-6-11-24(22)19-25-20-34-21-27-28(25)30-33(29(27)26-12-7-5-10-23(26)2)14-8-13-32-17-15-31(3)16-18-32;5-3(6)1-2-4(7)8/h4-7,9-12,19,27,29H,8,13-18,20-21H2,1-3H3;1-2H,(H,5,6)(H,7,8)/b25-19+;2-1-. The summed E-state index contributed by atoms with van der Waals surface area (Å²) in [6.45, 7) is 11.4. The highest BCUT2D eigenvalue weighted by atomic mass is 32.2. The maximum Gasteiger partial charge on any atom is 0.328 e. The van der Waals surface area contributed by atoms with Crippen LogP contribution in [0.4, 0.5) is 0 Å². The summed E-state index contributed by atoms with van der Waals surface area (Å²) in [7, 11) is 2.23. The fourth-order valence-corrected chi connectivity index (χ4v) is 6.84. The maximum atomic E-state index is 9.55. The fourth-order valence-electron chi connectivity index (χ4n) is 5.68. The number of fused-ring (bicyclic) bond motifs is 1. The summed E-state index contributed by atoms with van der Waals surface area (Å²) in [4.78, 5) is 24.2. The van der Waals surface area contributed by atoms with E-state index < -0.39 is 11.9 Å². The fraction of sp³-hybridized carbons (Fsp3) is 0.424. The van der Waals surface area contributed by atoms with Gasteiger partial charge in [0, 0.05) is 62.3 Å². The molecule has 2 aromatic carbocycles. The van der Waals surface area contributed by atoms with Crippen LogP contribution in [0.1, 0.15) is 34.7 Å². The van der Waals surface area contributed by atoms with Gasteiger partial charge in [-0.3, -0.25) is 5.01 Å². The van der Waals surface area contributed by atoms with Crippen molar-refractivity contribution in [2.75, 3.05) is 57.8 Å². The van der Waals surface area contributed by atoms with Gasteiger partial charge in [-0.05, 0) is 67.8 Å². The zero-order chi connectivity index (χ0) is 30.1. The monoisotopic (exact) mass is 590 g/mol. The molecule has 2 fully saturated rings. The van der Waals surface area contributed by atoms with Gasteiger partial charge in [-0.15, -0.1) is 0 Å².